The van der Waals surface area contributed by atoms with Crippen molar-refractivity contribution in [2.24, 2.45) is 0 Å². The van der Waals surface area contributed by atoms with Crippen LogP contribution in [0.3, 0.4) is 0 Å². The Morgan fingerprint density at radius 2 is 1.88 bits per heavy atom. The quantitative estimate of drug-likeness (QED) is 0.533. The van der Waals surface area contributed by atoms with Gasteiger partial charge in [0.05, 0.1) is 11.4 Å². The number of hydrogen-bond acceptors (Lipinski definition) is 7. The fraction of sp³-hybridized carbons (Fsp3) is 0.435. The molecular formula is C23H29N5O4. The highest BCUT2D eigenvalue weighted by Gasteiger charge is 2.21. The van der Waals surface area contributed by atoms with E-state index in [0.29, 0.717) is 30.4 Å². The van der Waals surface area contributed by atoms with Crippen molar-refractivity contribution in [1.82, 2.24) is 19.9 Å². The number of carbonyl (C=O) groups is 2. The molecule has 0 unspecified atom stereocenters. The number of hydrogen-bond donors (Lipinski definition) is 1. The summed E-state index contributed by atoms with van der Waals surface area (Å²) in [5.74, 6) is 0.739. The number of anilines is 1. The van der Waals surface area contributed by atoms with Gasteiger partial charge >= 0.3 is 5.97 Å². The van der Waals surface area contributed by atoms with Gasteiger partial charge in [-0.25, -0.2) is 4.68 Å². The summed E-state index contributed by atoms with van der Waals surface area (Å²) < 4.78 is 11.9. The first-order valence-electron chi connectivity index (χ1n) is 10.5. The average Bonchev–Trinajstić information content (AvgIpc) is 3.34. The minimum absolute atomic E-state index is 0.154. The molecule has 2 aromatic heterocycles. The van der Waals surface area contributed by atoms with Crippen LogP contribution in [-0.4, -0.2) is 38.4 Å². The van der Waals surface area contributed by atoms with Gasteiger partial charge in [-0.1, -0.05) is 43.6 Å². The number of rotatable bonds is 8. The molecular weight excluding hydrogens is 410 g/mol. The Labute approximate surface area is 187 Å². The van der Waals surface area contributed by atoms with Crippen molar-refractivity contribution in [2.45, 2.75) is 59.3 Å². The van der Waals surface area contributed by atoms with Gasteiger partial charge in [-0.05, 0) is 32.4 Å². The van der Waals surface area contributed by atoms with E-state index in [1.54, 1.807) is 10.7 Å². The van der Waals surface area contributed by atoms with Gasteiger partial charge in [-0.3, -0.25) is 9.59 Å². The monoisotopic (exact) mass is 439 g/mol. The lowest BCUT2D eigenvalue weighted by Gasteiger charge is -2.10. The molecule has 0 aliphatic carbocycles. The fourth-order valence-corrected chi connectivity index (χ4v) is 2.91. The number of benzene rings is 1. The Hall–Kier alpha value is -3.49. The molecule has 9 heteroatoms. The zero-order valence-electron chi connectivity index (χ0n) is 19.1. The van der Waals surface area contributed by atoms with Crippen molar-refractivity contribution in [3.8, 4) is 5.69 Å². The van der Waals surface area contributed by atoms with Gasteiger partial charge in [0, 0.05) is 24.3 Å². The van der Waals surface area contributed by atoms with Crippen molar-refractivity contribution in [1.29, 1.82) is 0 Å². The Morgan fingerprint density at radius 3 is 2.53 bits per heavy atom. The van der Waals surface area contributed by atoms with Crippen LogP contribution in [0.1, 0.15) is 56.6 Å². The van der Waals surface area contributed by atoms with Gasteiger partial charge in [0.2, 0.25) is 5.89 Å². The van der Waals surface area contributed by atoms with Crippen molar-refractivity contribution >= 4 is 17.7 Å². The van der Waals surface area contributed by atoms with Crippen LogP contribution in [0.4, 0.5) is 5.82 Å². The second-order valence-electron chi connectivity index (χ2n) is 8.74. The van der Waals surface area contributed by atoms with Crippen LogP contribution in [0.5, 0.6) is 0 Å². The third kappa shape index (κ3) is 6.26. The van der Waals surface area contributed by atoms with Crippen molar-refractivity contribution in [3.05, 3.63) is 53.3 Å². The highest BCUT2D eigenvalue weighted by Crippen LogP contribution is 2.19. The molecule has 0 aliphatic rings. The van der Waals surface area contributed by atoms with Crippen molar-refractivity contribution in [2.75, 3.05) is 11.9 Å². The molecule has 0 spiro atoms. The molecule has 0 saturated heterocycles. The third-order valence-electron chi connectivity index (χ3n) is 4.65. The molecule has 170 valence electrons. The van der Waals surface area contributed by atoms with E-state index >= 15 is 0 Å². The van der Waals surface area contributed by atoms with E-state index in [1.807, 2.05) is 58.9 Å². The van der Waals surface area contributed by atoms with Crippen molar-refractivity contribution in [3.63, 3.8) is 0 Å². The van der Waals surface area contributed by atoms with Crippen LogP contribution >= 0.6 is 0 Å². The molecule has 1 N–H and O–H groups in total. The number of esters is 1. The molecule has 3 aromatic rings. The topological polar surface area (TPSA) is 112 Å². The van der Waals surface area contributed by atoms with E-state index in [4.69, 9.17) is 9.26 Å². The minimum Gasteiger partial charge on any atom is -0.456 e. The predicted molar refractivity (Wildman–Crippen MR) is 119 cm³/mol. The van der Waals surface area contributed by atoms with E-state index in [-0.39, 0.29) is 18.4 Å². The minimum atomic E-state index is -0.459. The number of amides is 1. The molecule has 2 heterocycles. The summed E-state index contributed by atoms with van der Waals surface area (Å²) in [6.45, 7) is 9.47. The maximum atomic E-state index is 12.3. The maximum absolute atomic E-state index is 12.3. The first kappa shape index (κ1) is 23.2. The van der Waals surface area contributed by atoms with Crippen LogP contribution in [0.25, 0.3) is 5.69 Å². The normalized spacial score (nSPS) is 11.4. The van der Waals surface area contributed by atoms with Crippen LogP contribution in [0, 0.1) is 13.8 Å². The summed E-state index contributed by atoms with van der Waals surface area (Å²) in [6.07, 6.45) is 1.12. The van der Waals surface area contributed by atoms with Gasteiger partial charge in [0.25, 0.3) is 5.91 Å². The zero-order valence-corrected chi connectivity index (χ0v) is 19.1. The van der Waals surface area contributed by atoms with Crippen LogP contribution in [0.15, 0.2) is 34.9 Å². The molecule has 1 aromatic carbocycles. The number of nitrogens with zero attached hydrogens (tertiary/aromatic N) is 4. The zero-order chi connectivity index (χ0) is 23.3. The molecule has 32 heavy (non-hydrogen) atoms. The van der Waals surface area contributed by atoms with Gasteiger partial charge in [-0.2, -0.15) is 10.1 Å². The van der Waals surface area contributed by atoms with Crippen molar-refractivity contribution < 1.29 is 18.8 Å². The molecule has 0 bridgehead atoms. The Balaban J connectivity index is 1.45. The first-order chi connectivity index (χ1) is 15.1. The smallest absolute Gasteiger partial charge is 0.306 e. The number of carbonyl (C=O) groups excluding carboxylic acids is 2. The molecule has 3 rings (SSSR count). The van der Waals surface area contributed by atoms with Gasteiger partial charge in [0.15, 0.2) is 12.4 Å². The van der Waals surface area contributed by atoms with Gasteiger partial charge in [-0.15, -0.1) is 0 Å². The van der Waals surface area contributed by atoms with Crippen LogP contribution in [-0.2, 0) is 26.2 Å². The average molecular weight is 440 g/mol. The lowest BCUT2D eigenvalue weighted by Crippen LogP contribution is -2.22. The lowest BCUT2D eigenvalue weighted by molar-refractivity contribution is -0.147. The summed E-state index contributed by atoms with van der Waals surface area (Å²) in [6, 6.07) is 9.54. The lowest BCUT2D eigenvalue weighted by atomic mass is 9.96. The maximum Gasteiger partial charge on any atom is 0.306 e. The summed E-state index contributed by atoms with van der Waals surface area (Å²) in [4.78, 5) is 28.6. The van der Waals surface area contributed by atoms with E-state index in [9.17, 15) is 9.59 Å². The third-order valence-corrected chi connectivity index (χ3v) is 4.65. The van der Waals surface area contributed by atoms with Gasteiger partial charge < -0.3 is 14.6 Å². The van der Waals surface area contributed by atoms with E-state index < -0.39 is 11.9 Å². The standard InChI is InChI=1S/C23H29N5O4/c1-15-9-11-17(12-10-15)28-18(13-16(2)26-28)24-19(29)14-31-21(30)8-6-7-20-25-22(27-32-20)23(3,4)5/h9-13H,6-8,14H2,1-5H3,(H,24,29). The molecule has 0 atom stereocenters. The SMILES string of the molecule is Cc1ccc(-n2nc(C)cc2NC(=O)COC(=O)CCCc2nc(C(C)(C)C)no2)cc1. The first-order valence-corrected chi connectivity index (χ1v) is 10.5. The molecule has 0 radical (unpaired) electrons. The Bertz CT molecular complexity index is 1080. The molecule has 0 fully saturated rings. The van der Waals surface area contributed by atoms with E-state index in [0.717, 1.165) is 16.9 Å². The largest absolute Gasteiger partial charge is 0.456 e. The molecule has 9 nitrogen and oxygen atoms in total. The second kappa shape index (κ2) is 9.76. The predicted octanol–water partition coefficient (Wildman–Crippen LogP) is 3.67. The van der Waals surface area contributed by atoms with Crippen LogP contribution in [0.2, 0.25) is 0 Å². The molecule has 0 aliphatic heterocycles. The fourth-order valence-electron chi connectivity index (χ4n) is 2.91. The number of aromatic nitrogens is 4. The summed E-state index contributed by atoms with van der Waals surface area (Å²) in [5, 5.41) is 11.1. The molecule has 0 saturated carbocycles. The van der Waals surface area contributed by atoms with Crippen LogP contribution < -0.4 is 5.32 Å². The number of aryl methyl sites for hydroxylation is 3. The highest BCUT2D eigenvalue weighted by molar-refractivity contribution is 5.92. The second-order valence-corrected chi connectivity index (χ2v) is 8.74. The van der Waals surface area contributed by atoms with Gasteiger partial charge in [0.1, 0.15) is 5.82 Å². The number of ether oxygens (including phenoxy) is 1. The van der Waals surface area contributed by atoms with E-state index in [1.165, 1.54) is 0 Å². The van der Waals surface area contributed by atoms with E-state index in [2.05, 4.69) is 20.6 Å². The number of nitrogens with one attached hydrogen (secondary N) is 1. The Kier molecular flexibility index (Phi) is 7.07. The molecule has 1 amide bonds. The summed E-state index contributed by atoms with van der Waals surface area (Å²) >= 11 is 0. The summed E-state index contributed by atoms with van der Waals surface area (Å²) in [5.41, 5.74) is 2.52. The highest BCUT2D eigenvalue weighted by atomic mass is 16.5. The summed E-state index contributed by atoms with van der Waals surface area (Å²) in [7, 11) is 0. The Morgan fingerprint density at radius 1 is 1.16 bits per heavy atom.